The molecule has 1 aliphatic heterocycles. The van der Waals surface area contributed by atoms with Crippen LogP contribution < -0.4 is 0 Å². The molecule has 1 aliphatic rings. The van der Waals surface area contributed by atoms with Gasteiger partial charge in [0.25, 0.3) is 0 Å². The molecular formula is C26H30N2O4S2. The van der Waals surface area contributed by atoms with Crippen LogP contribution >= 0.6 is 11.3 Å². The number of amides is 1. The normalized spacial score (nSPS) is 16.0. The number of hydrogen-bond acceptors (Lipinski definition) is 5. The molecule has 0 fully saturated rings. The first kappa shape index (κ1) is 24.6. The van der Waals surface area contributed by atoms with Crippen molar-refractivity contribution in [1.29, 1.82) is 0 Å². The first-order valence-electron chi connectivity index (χ1n) is 11.4. The van der Waals surface area contributed by atoms with Gasteiger partial charge in [-0.1, -0.05) is 48.0 Å². The van der Waals surface area contributed by atoms with E-state index in [-0.39, 0.29) is 29.9 Å². The molecule has 4 rings (SSSR count). The average molecular weight is 499 g/mol. The van der Waals surface area contributed by atoms with E-state index in [1.165, 1.54) is 9.18 Å². The Labute approximate surface area is 205 Å². The van der Waals surface area contributed by atoms with E-state index in [0.29, 0.717) is 19.6 Å². The van der Waals surface area contributed by atoms with E-state index in [1.54, 1.807) is 48.8 Å². The maximum absolute atomic E-state index is 13.7. The summed E-state index contributed by atoms with van der Waals surface area (Å²) in [5, 5.41) is 2.07. The van der Waals surface area contributed by atoms with Crippen LogP contribution in [0.3, 0.4) is 0 Å². The molecule has 2 heterocycles. The fourth-order valence-electron chi connectivity index (χ4n) is 4.35. The molecule has 8 heteroatoms. The molecule has 0 saturated heterocycles. The third-order valence-electron chi connectivity index (χ3n) is 6.13. The highest BCUT2D eigenvalue weighted by atomic mass is 32.2. The summed E-state index contributed by atoms with van der Waals surface area (Å²) in [5.74, 6) is -0.195. The van der Waals surface area contributed by atoms with E-state index in [1.807, 2.05) is 11.8 Å². The van der Waals surface area contributed by atoms with Crippen molar-refractivity contribution in [1.82, 2.24) is 9.21 Å². The second-order valence-corrected chi connectivity index (χ2v) is 11.4. The van der Waals surface area contributed by atoms with Crippen LogP contribution in [-0.4, -0.2) is 56.9 Å². The Hall–Kier alpha value is -2.52. The van der Waals surface area contributed by atoms with Gasteiger partial charge in [0.15, 0.2) is 0 Å². The number of thiophene rings is 1. The van der Waals surface area contributed by atoms with Crippen molar-refractivity contribution >= 4 is 27.3 Å². The summed E-state index contributed by atoms with van der Waals surface area (Å²) in [5.41, 5.74) is 3.32. The minimum atomic E-state index is -3.82. The van der Waals surface area contributed by atoms with E-state index in [4.69, 9.17) is 4.74 Å². The van der Waals surface area contributed by atoms with Gasteiger partial charge in [-0.3, -0.25) is 4.79 Å². The zero-order valence-corrected chi connectivity index (χ0v) is 21.1. The highest BCUT2D eigenvalue weighted by molar-refractivity contribution is 7.89. The minimum Gasteiger partial charge on any atom is -0.385 e. The summed E-state index contributed by atoms with van der Waals surface area (Å²) in [4.78, 5) is 17.0. The van der Waals surface area contributed by atoms with Crippen molar-refractivity contribution in [3.8, 4) is 0 Å². The Balaban J connectivity index is 1.64. The molecule has 2 aromatic carbocycles. The molecule has 3 aromatic rings. The number of aryl methyl sites for hydroxylation is 1. The second kappa shape index (κ2) is 10.8. The van der Waals surface area contributed by atoms with Crippen molar-refractivity contribution in [2.45, 2.75) is 30.7 Å². The number of fused-ring (bicyclic) bond motifs is 1. The molecule has 1 atom stereocenters. The molecule has 1 unspecified atom stereocenters. The molecule has 180 valence electrons. The molecule has 1 amide bonds. The van der Waals surface area contributed by atoms with Crippen LogP contribution in [0.2, 0.25) is 0 Å². The maximum Gasteiger partial charge on any atom is 0.243 e. The summed E-state index contributed by atoms with van der Waals surface area (Å²) in [6, 6.07) is 18.4. The Morgan fingerprint density at radius 2 is 1.85 bits per heavy atom. The number of carbonyl (C=O) groups excluding carboxylic acids is 1. The smallest absolute Gasteiger partial charge is 0.243 e. The van der Waals surface area contributed by atoms with Gasteiger partial charge in [-0.15, -0.1) is 11.3 Å². The van der Waals surface area contributed by atoms with Crippen LogP contribution in [-0.2, 0) is 26.0 Å². The van der Waals surface area contributed by atoms with E-state index in [0.717, 1.165) is 23.1 Å². The number of rotatable bonds is 9. The summed E-state index contributed by atoms with van der Waals surface area (Å²) in [6.07, 6.45) is 1.28. The summed E-state index contributed by atoms with van der Waals surface area (Å²) in [6.45, 7) is 3.02. The number of carbonyl (C=O) groups is 1. The number of ether oxygens (including phenoxy) is 1. The van der Waals surface area contributed by atoms with Crippen LogP contribution in [0.4, 0.5) is 0 Å². The van der Waals surface area contributed by atoms with Gasteiger partial charge in [0.2, 0.25) is 15.9 Å². The maximum atomic E-state index is 13.7. The molecule has 0 saturated carbocycles. The first-order valence-corrected chi connectivity index (χ1v) is 13.7. The molecule has 0 aliphatic carbocycles. The molecule has 34 heavy (non-hydrogen) atoms. The van der Waals surface area contributed by atoms with Crippen molar-refractivity contribution in [3.63, 3.8) is 0 Å². The Bertz CT molecular complexity index is 1210. The third-order valence-corrected chi connectivity index (χ3v) is 8.98. The van der Waals surface area contributed by atoms with Gasteiger partial charge in [0.1, 0.15) is 0 Å². The zero-order chi connectivity index (χ0) is 24.1. The molecule has 0 bridgehead atoms. The summed E-state index contributed by atoms with van der Waals surface area (Å²) < 4.78 is 33.2. The first-order chi connectivity index (χ1) is 16.4. The minimum absolute atomic E-state index is 0.189. The zero-order valence-electron chi connectivity index (χ0n) is 19.5. The topological polar surface area (TPSA) is 66.9 Å². The van der Waals surface area contributed by atoms with Gasteiger partial charge in [0, 0.05) is 31.7 Å². The standard InChI is InChI=1S/C26H30N2O4S2/c1-20-9-11-21(12-10-20)26-23-14-18-33-24(23)13-16-28(26)25(29)19-27(15-6-17-32-2)34(30,31)22-7-4-3-5-8-22/h3-5,7-12,14,18,26H,6,13,15-17,19H2,1-2H3. The van der Waals surface area contributed by atoms with Crippen LogP contribution in [0, 0.1) is 6.92 Å². The lowest BCUT2D eigenvalue weighted by Gasteiger charge is -2.37. The molecule has 6 nitrogen and oxygen atoms in total. The lowest BCUT2D eigenvalue weighted by atomic mass is 9.92. The highest BCUT2D eigenvalue weighted by Gasteiger charge is 2.35. The number of sulfonamides is 1. The molecule has 1 aromatic heterocycles. The molecule has 0 N–H and O–H groups in total. The van der Waals surface area contributed by atoms with Crippen molar-refractivity contribution in [2.75, 3.05) is 33.4 Å². The lowest BCUT2D eigenvalue weighted by molar-refractivity contribution is -0.133. The fraction of sp³-hybridized carbons (Fsp3) is 0.346. The van der Waals surface area contributed by atoms with Crippen LogP contribution in [0.1, 0.15) is 34.0 Å². The fourth-order valence-corrected chi connectivity index (χ4v) is 6.70. The second-order valence-electron chi connectivity index (χ2n) is 8.45. The predicted octanol–water partition coefficient (Wildman–Crippen LogP) is 4.26. The Morgan fingerprint density at radius 1 is 1.12 bits per heavy atom. The largest absolute Gasteiger partial charge is 0.385 e. The monoisotopic (exact) mass is 498 g/mol. The van der Waals surface area contributed by atoms with E-state index in [2.05, 4.69) is 35.7 Å². The van der Waals surface area contributed by atoms with Gasteiger partial charge in [0.05, 0.1) is 17.5 Å². The summed E-state index contributed by atoms with van der Waals surface area (Å²) in [7, 11) is -2.24. The van der Waals surface area contributed by atoms with Crippen LogP contribution in [0.5, 0.6) is 0 Å². The number of methoxy groups -OCH3 is 1. The van der Waals surface area contributed by atoms with E-state index in [9.17, 15) is 13.2 Å². The highest BCUT2D eigenvalue weighted by Crippen LogP contribution is 2.38. The number of nitrogens with zero attached hydrogens (tertiary/aromatic N) is 2. The van der Waals surface area contributed by atoms with Crippen molar-refractivity contribution in [2.24, 2.45) is 0 Å². The Morgan fingerprint density at radius 3 is 2.56 bits per heavy atom. The Kier molecular flexibility index (Phi) is 7.83. The van der Waals surface area contributed by atoms with Gasteiger partial charge in [-0.25, -0.2) is 8.42 Å². The number of benzene rings is 2. The quantitative estimate of drug-likeness (QED) is 0.414. The van der Waals surface area contributed by atoms with Crippen LogP contribution in [0.25, 0.3) is 0 Å². The molecule has 0 spiro atoms. The molecule has 0 radical (unpaired) electrons. The average Bonchev–Trinajstić information content (AvgIpc) is 3.33. The van der Waals surface area contributed by atoms with E-state index >= 15 is 0 Å². The van der Waals surface area contributed by atoms with E-state index < -0.39 is 10.0 Å². The predicted molar refractivity (Wildman–Crippen MR) is 134 cm³/mol. The molecular weight excluding hydrogens is 468 g/mol. The van der Waals surface area contributed by atoms with Gasteiger partial charge >= 0.3 is 0 Å². The van der Waals surface area contributed by atoms with Crippen LogP contribution in [0.15, 0.2) is 70.9 Å². The van der Waals surface area contributed by atoms with Crippen molar-refractivity contribution in [3.05, 3.63) is 87.6 Å². The van der Waals surface area contributed by atoms with Crippen molar-refractivity contribution < 1.29 is 17.9 Å². The van der Waals surface area contributed by atoms with Gasteiger partial charge in [-0.05, 0) is 54.5 Å². The lowest BCUT2D eigenvalue weighted by Crippen LogP contribution is -2.47. The third kappa shape index (κ3) is 5.25. The van der Waals surface area contributed by atoms with Gasteiger partial charge < -0.3 is 9.64 Å². The SMILES string of the molecule is COCCCN(CC(=O)N1CCc2sccc2C1c1ccc(C)cc1)S(=O)(=O)c1ccccc1. The number of hydrogen-bond donors (Lipinski definition) is 0. The van der Waals surface area contributed by atoms with Gasteiger partial charge in [-0.2, -0.15) is 4.31 Å². The summed E-state index contributed by atoms with van der Waals surface area (Å²) >= 11 is 1.71.